The maximum absolute atomic E-state index is 12.0. The van der Waals surface area contributed by atoms with Crippen molar-refractivity contribution in [3.05, 3.63) is 0 Å². The summed E-state index contributed by atoms with van der Waals surface area (Å²) in [6.45, 7) is 8.32. The number of morpholine rings is 1. The van der Waals surface area contributed by atoms with E-state index < -0.39 is 0 Å². The van der Waals surface area contributed by atoms with Crippen molar-refractivity contribution in [3.8, 4) is 0 Å². The van der Waals surface area contributed by atoms with Crippen LogP contribution in [0.15, 0.2) is 0 Å². The van der Waals surface area contributed by atoms with E-state index in [1.165, 1.54) is 0 Å². The van der Waals surface area contributed by atoms with Gasteiger partial charge in [0.2, 0.25) is 5.91 Å². The third kappa shape index (κ3) is 4.11. The number of ether oxygens (including phenoxy) is 1. The number of halogens is 1. The molecule has 1 aliphatic heterocycles. The molecule has 1 aliphatic rings. The summed E-state index contributed by atoms with van der Waals surface area (Å²) in [4.78, 5) is 14.0. The Morgan fingerprint density at radius 2 is 2.20 bits per heavy atom. The summed E-state index contributed by atoms with van der Waals surface area (Å²) in [7, 11) is 0. The fourth-order valence-electron chi connectivity index (χ4n) is 1.67. The average molecular weight is 278 g/mol. The van der Waals surface area contributed by atoms with Gasteiger partial charge in [0.05, 0.1) is 19.3 Å². The molecular formula is C11H20BrNO2. The topological polar surface area (TPSA) is 29.5 Å². The number of hydrogen-bond acceptors (Lipinski definition) is 2. The fraction of sp³-hybridized carbons (Fsp3) is 0.909. The number of alkyl halides is 1. The van der Waals surface area contributed by atoms with Gasteiger partial charge in [0.1, 0.15) is 0 Å². The van der Waals surface area contributed by atoms with Crippen LogP contribution >= 0.6 is 15.9 Å². The molecule has 1 fully saturated rings. The number of carbonyl (C=O) groups is 1. The smallest absolute Gasteiger partial charge is 0.223 e. The SMILES string of the molecule is CC(C)(C)CC(=O)N1CCOCC1CBr. The first-order valence-electron chi connectivity index (χ1n) is 5.37. The number of amides is 1. The molecule has 88 valence electrons. The van der Waals surface area contributed by atoms with Gasteiger partial charge in [-0.25, -0.2) is 0 Å². The van der Waals surface area contributed by atoms with Crippen LogP contribution in [-0.4, -0.2) is 41.9 Å². The van der Waals surface area contributed by atoms with Gasteiger partial charge < -0.3 is 9.64 Å². The van der Waals surface area contributed by atoms with Crippen molar-refractivity contribution in [2.24, 2.45) is 5.41 Å². The number of hydrogen-bond donors (Lipinski definition) is 0. The average Bonchev–Trinajstić information content (AvgIpc) is 2.15. The Balaban J connectivity index is 2.56. The molecule has 4 heteroatoms. The largest absolute Gasteiger partial charge is 0.377 e. The highest BCUT2D eigenvalue weighted by atomic mass is 79.9. The molecule has 0 radical (unpaired) electrons. The zero-order chi connectivity index (χ0) is 11.5. The van der Waals surface area contributed by atoms with Crippen LogP contribution in [0, 0.1) is 5.41 Å². The standard InChI is InChI=1S/C11H20BrNO2/c1-11(2,3)6-10(14)13-4-5-15-8-9(13)7-12/h9H,4-8H2,1-3H3. The molecule has 1 unspecified atom stereocenters. The van der Waals surface area contributed by atoms with Crippen LogP contribution in [0.3, 0.4) is 0 Å². The molecule has 0 spiro atoms. The van der Waals surface area contributed by atoms with Crippen molar-refractivity contribution in [1.29, 1.82) is 0 Å². The summed E-state index contributed by atoms with van der Waals surface area (Å²) in [6, 6.07) is 0.202. The summed E-state index contributed by atoms with van der Waals surface area (Å²) in [6.07, 6.45) is 0.608. The van der Waals surface area contributed by atoms with Crippen molar-refractivity contribution < 1.29 is 9.53 Å². The predicted octanol–water partition coefficient (Wildman–Crippen LogP) is 2.04. The van der Waals surface area contributed by atoms with E-state index in [2.05, 4.69) is 36.7 Å². The van der Waals surface area contributed by atoms with E-state index >= 15 is 0 Å². The van der Waals surface area contributed by atoms with Crippen LogP contribution in [0.25, 0.3) is 0 Å². The Labute approximate surface area is 100 Å². The highest BCUT2D eigenvalue weighted by Gasteiger charge is 2.28. The molecule has 1 heterocycles. The van der Waals surface area contributed by atoms with Crippen LogP contribution in [0.4, 0.5) is 0 Å². The van der Waals surface area contributed by atoms with E-state index in [9.17, 15) is 4.79 Å². The van der Waals surface area contributed by atoms with Gasteiger partial charge >= 0.3 is 0 Å². The lowest BCUT2D eigenvalue weighted by Gasteiger charge is -2.36. The van der Waals surface area contributed by atoms with Crippen LogP contribution in [0.1, 0.15) is 27.2 Å². The lowest BCUT2D eigenvalue weighted by molar-refractivity contribution is -0.140. The molecule has 0 saturated carbocycles. The van der Waals surface area contributed by atoms with Gasteiger partial charge in [-0.05, 0) is 5.41 Å². The Bertz CT molecular complexity index is 225. The molecular weight excluding hydrogens is 258 g/mol. The van der Waals surface area contributed by atoms with Crippen molar-refractivity contribution in [2.45, 2.75) is 33.2 Å². The summed E-state index contributed by atoms with van der Waals surface area (Å²) < 4.78 is 5.36. The van der Waals surface area contributed by atoms with Crippen LogP contribution in [0.2, 0.25) is 0 Å². The van der Waals surface area contributed by atoms with E-state index in [4.69, 9.17) is 4.74 Å². The van der Waals surface area contributed by atoms with E-state index in [0.29, 0.717) is 19.6 Å². The Kier molecular flexibility index (Phi) is 4.59. The second kappa shape index (κ2) is 5.30. The molecule has 0 aliphatic carbocycles. The second-order valence-corrected chi connectivity index (χ2v) is 5.86. The summed E-state index contributed by atoms with van der Waals surface area (Å²) in [5.41, 5.74) is 0.0618. The first kappa shape index (κ1) is 13.0. The fourth-order valence-corrected chi connectivity index (χ4v) is 2.20. The lowest BCUT2D eigenvalue weighted by Crippen LogP contribution is -2.50. The van der Waals surface area contributed by atoms with Crippen LogP contribution in [-0.2, 0) is 9.53 Å². The maximum atomic E-state index is 12.0. The Hall–Kier alpha value is -0.0900. The summed E-state index contributed by atoms with van der Waals surface area (Å²) in [5, 5.41) is 0.795. The number of rotatable bonds is 2. The van der Waals surface area contributed by atoms with Crippen molar-refractivity contribution in [1.82, 2.24) is 4.90 Å². The minimum absolute atomic E-state index is 0.0618. The minimum Gasteiger partial charge on any atom is -0.377 e. The molecule has 1 saturated heterocycles. The quantitative estimate of drug-likeness (QED) is 0.723. The third-order valence-corrected chi connectivity index (χ3v) is 3.15. The predicted molar refractivity (Wildman–Crippen MR) is 64.2 cm³/mol. The first-order valence-corrected chi connectivity index (χ1v) is 6.49. The van der Waals surface area contributed by atoms with Crippen molar-refractivity contribution >= 4 is 21.8 Å². The van der Waals surface area contributed by atoms with Gasteiger partial charge in [-0.1, -0.05) is 36.7 Å². The van der Waals surface area contributed by atoms with Gasteiger partial charge in [-0.2, -0.15) is 0 Å². The minimum atomic E-state index is 0.0618. The first-order chi connectivity index (χ1) is 6.94. The van der Waals surface area contributed by atoms with Gasteiger partial charge in [-0.3, -0.25) is 4.79 Å². The van der Waals surface area contributed by atoms with Crippen LogP contribution in [0.5, 0.6) is 0 Å². The van der Waals surface area contributed by atoms with Gasteiger partial charge in [-0.15, -0.1) is 0 Å². The van der Waals surface area contributed by atoms with Gasteiger partial charge in [0.15, 0.2) is 0 Å². The molecule has 0 N–H and O–H groups in total. The van der Waals surface area contributed by atoms with Gasteiger partial charge in [0, 0.05) is 18.3 Å². The molecule has 3 nitrogen and oxygen atoms in total. The normalized spacial score (nSPS) is 22.9. The maximum Gasteiger partial charge on any atom is 0.223 e. The lowest BCUT2D eigenvalue weighted by atomic mass is 9.91. The Morgan fingerprint density at radius 1 is 1.53 bits per heavy atom. The highest BCUT2D eigenvalue weighted by molar-refractivity contribution is 9.09. The molecule has 0 aromatic carbocycles. The van der Waals surface area contributed by atoms with Gasteiger partial charge in [0.25, 0.3) is 0 Å². The molecule has 0 aromatic heterocycles. The second-order valence-electron chi connectivity index (χ2n) is 5.21. The molecule has 0 aromatic rings. The molecule has 1 atom stereocenters. The Morgan fingerprint density at radius 3 is 2.73 bits per heavy atom. The molecule has 0 bridgehead atoms. The van der Waals surface area contributed by atoms with Crippen molar-refractivity contribution in [2.75, 3.05) is 25.1 Å². The van der Waals surface area contributed by atoms with Crippen LogP contribution < -0.4 is 0 Å². The number of carbonyl (C=O) groups excluding carboxylic acids is 1. The summed E-state index contributed by atoms with van der Waals surface area (Å²) in [5.74, 6) is 0.246. The molecule has 1 rings (SSSR count). The zero-order valence-electron chi connectivity index (χ0n) is 9.75. The van der Waals surface area contributed by atoms with Crippen molar-refractivity contribution in [3.63, 3.8) is 0 Å². The molecule has 15 heavy (non-hydrogen) atoms. The van der Waals surface area contributed by atoms with E-state index in [-0.39, 0.29) is 17.4 Å². The highest BCUT2D eigenvalue weighted by Crippen LogP contribution is 2.21. The third-order valence-electron chi connectivity index (χ3n) is 2.41. The summed E-state index contributed by atoms with van der Waals surface area (Å²) >= 11 is 3.43. The zero-order valence-corrected chi connectivity index (χ0v) is 11.3. The van der Waals surface area contributed by atoms with E-state index in [0.717, 1.165) is 11.9 Å². The molecule has 1 amide bonds. The van der Waals surface area contributed by atoms with E-state index in [1.54, 1.807) is 0 Å². The van der Waals surface area contributed by atoms with E-state index in [1.807, 2.05) is 4.90 Å². The monoisotopic (exact) mass is 277 g/mol. The number of nitrogens with zero attached hydrogens (tertiary/aromatic N) is 1.